The summed E-state index contributed by atoms with van der Waals surface area (Å²) in [5.74, 6) is 0.533. The summed E-state index contributed by atoms with van der Waals surface area (Å²) in [6, 6.07) is 7.74. The van der Waals surface area contributed by atoms with E-state index in [1.54, 1.807) is 0 Å². The van der Waals surface area contributed by atoms with E-state index in [4.69, 9.17) is 11.6 Å². The Bertz CT molecular complexity index is 290. The summed E-state index contributed by atoms with van der Waals surface area (Å²) in [5, 5.41) is 10.6. The minimum atomic E-state index is -0.162. The van der Waals surface area contributed by atoms with Crippen molar-refractivity contribution in [2.24, 2.45) is 5.92 Å². The summed E-state index contributed by atoms with van der Waals surface area (Å²) in [4.78, 5) is 0. The summed E-state index contributed by atoms with van der Waals surface area (Å²) in [6.45, 7) is 0. The third-order valence-electron chi connectivity index (χ3n) is 3.05. The van der Waals surface area contributed by atoms with Crippen LogP contribution in [0.15, 0.2) is 24.3 Å². The zero-order valence-electron chi connectivity index (χ0n) is 8.12. The molecule has 1 fully saturated rings. The Morgan fingerprint density at radius 1 is 1.29 bits per heavy atom. The highest BCUT2D eigenvalue weighted by atomic mass is 35.5. The minimum absolute atomic E-state index is 0.162. The molecule has 0 radical (unpaired) electrons. The molecule has 76 valence electrons. The molecule has 0 spiro atoms. The normalized spacial score (nSPS) is 19.0. The Balaban J connectivity index is 1.92. The van der Waals surface area contributed by atoms with Crippen LogP contribution in [0.5, 0.6) is 0 Å². The minimum Gasteiger partial charge on any atom is -0.392 e. The predicted molar refractivity (Wildman–Crippen MR) is 58.5 cm³/mol. The lowest BCUT2D eigenvalue weighted by Crippen LogP contribution is -2.28. The molecule has 0 bridgehead atoms. The average molecular weight is 211 g/mol. The van der Waals surface area contributed by atoms with Crippen molar-refractivity contribution in [2.45, 2.75) is 31.8 Å². The van der Waals surface area contributed by atoms with Crippen LogP contribution in [0, 0.1) is 5.92 Å². The molecule has 0 aromatic heterocycles. The zero-order chi connectivity index (χ0) is 9.97. The van der Waals surface area contributed by atoms with E-state index in [0.29, 0.717) is 5.92 Å². The van der Waals surface area contributed by atoms with Crippen LogP contribution < -0.4 is 0 Å². The molecule has 1 atom stereocenters. The lowest BCUT2D eigenvalue weighted by molar-refractivity contribution is 0.0630. The molecule has 2 rings (SSSR count). The van der Waals surface area contributed by atoms with Crippen LogP contribution in [0.1, 0.15) is 24.8 Å². The molecule has 1 saturated carbocycles. The van der Waals surface area contributed by atoms with Crippen LogP contribution >= 0.6 is 11.6 Å². The smallest absolute Gasteiger partial charge is 0.0608 e. The molecule has 1 aliphatic rings. The van der Waals surface area contributed by atoms with E-state index >= 15 is 0 Å². The van der Waals surface area contributed by atoms with Gasteiger partial charge in [-0.1, -0.05) is 30.2 Å². The number of hydrogen-bond acceptors (Lipinski definition) is 1. The molecule has 1 aromatic carbocycles. The van der Waals surface area contributed by atoms with E-state index in [0.717, 1.165) is 11.4 Å². The lowest BCUT2D eigenvalue weighted by atomic mass is 9.79. The van der Waals surface area contributed by atoms with Crippen molar-refractivity contribution in [3.63, 3.8) is 0 Å². The molecule has 1 unspecified atom stereocenters. The van der Waals surface area contributed by atoms with Gasteiger partial charge in [0, 0.05) is 5.02 Å². The van der Waals surface area contributed by atoms with E-state index in [2.05, 4.69) is 0 Å². The fourth-order valence-corrected chi connectivity index (χ4v) is 1.98. The first-order valence-corrected chi connectivity index (χ1v) is 5.56. The third kappa shape index (κ3) is 2.28. The fourth-order valence-electron chi connectivity index (χ4n) is 1.85. The van der Waals surface area contributed by atoms with Crippen molar-refractivity contribution in [3.8, 4) is 0 Å². The Hall–Kier alpha value is -0.530. The number of aliphatic hydroxyl groups is 1. The highest BCUT2D eigenvalue weighted by Crippen LogP contribution is 2.31. The summed E-state index contributed by atoms with van der Waals surface area (Å²) in [5.41, 5.74) is 1.17. The van der Waals surface area contributed by atoms with E-state index in [9.17, 15) is 5.11 Å². The van der Waals surface area contributed by atoms with Gasteiger partial charge in [0.25, 0.3) is 0 Å². The molecule has 1 aromatic rings. The first kappa shape index (κ1) is 10.0. The summed E-state index contributed by atoms with van der Waals surface area (Å²) in [6.07, 6.45) is 4.26. The first-order chi connectivity index (χ1) is 6.75. The van der Waals surface area contributed by atoms with Gasteiger partial charge in [0.2, 0.25) is 0 Å². The van der Waals surface area contributed by atoms with Gasteiger partial charge >= 0.3 is 0 Å². The van der Waals surface area contributed by atoms with Gasteiger partial charge in [-0.15, -0.1) is 0 Å². The summed E-state index contributed by atoms with van der Waals surface area (Å²) >= 11 is 5.79. The molecule has 0 saturated heterocycles. The van der Waals surface area contributed by atoms with E-state index in [1.807, 2.05) is 24.3 Å². The molecule has 1 aliphatic carbocycles. The van der Waals surface area contributed by atoms with Crippen molar-refractivity contribution in [2.75, 3.05) is 0 Å². The molecular formula is C12H15ClO. The highest BCUT2D eigenvalue weighted by Gasteiger charge is 2.25. The van der Waals surface area contributed by atoms with Crippen molar-refractivity contribution in [1.29, 1.82) is 0 Å². The Morgan fingerprint density at radius 2 is 1.93 bits per heavy atom. The molecule has 0 aliphatic heterocycles. The maximum Gasteiger partial charge on any atom is 0.0608 e. The van der Waals surface area contributed by atoms with Crippen LogP contribution in [-0.2, 0) is 6.42 Å². The molecule has 2 heteroatoms. The lowest BCUT2D eigenvalue weighted by Gasteiger charge is -2.30. The second-order valence-corrected chi connectivity index (χ2v) is 4.53. The first-order valence-electron chi connectivity index (χ1n) is 5.18. The number of benzene rings is 1. The Labute approximate surface area is 89.7 Å². The fraction of sp³-hybridized carbons (Fsp3) is 0.500. The quantitative estimate of drug-likeness (QED) is 0.813. The monoisotopic (exact) mass is 210 g/mol. The van der Waals surface area contributed by atoms with Crippen LogP contribution in [0.3, 0.4) is 0 Å². The topological polar surface area (TPSA) is 20.2 Å². The largest absolute Gasteiger partial charge is 0.392 e. The van der Waals surface area contributed by atoms with E-state index < -0.39 is 0 Å². The van der Waals surface area contributed by atoms with Gasteiger partial charge < -0.3 is 5.11 Å². The molecule has 1 N–H and O–H groups in total. The second kappa shape index (κ2) is 4.33. The van der Waals surface area contributed by atoms with Gasteiger partial charge in [0.1, 0.15) is 0 Å². The van der Waals surface area contributed by atoms with Crippen molar-refractivity contribution in [1.82, 2.24) is 0 Å². The summed E-state index contributed by atoms with van der Waals surface area (Å²) < 4.78 is 0. The van der Waals surface area contributed by atoms with Gasteiger partial charge in [-0.3, -0.25) is 0 Å². The number of halogens is 1. The molecule has 1 nitrogen and oxygen atoms in total. The van der Waals surface area contributed by atoms with Gasteiger partial charge in [-0.2, -0.15) is 0 Å². The van der Waals surface area contributed by atoms with Gasteiger partial charge in [-0.25, -0.2) is 0 Å². The molecule has 0 amide bonds. The third-order valence-corrected chi connectivity index (χ3v) is 3.30. The standard InChI is InChI=1S/C12H15ClO/c13-11-6-4-9(5-7-11)8-12(14)10-2-1-3-10/h4-7,10,12,14H,1-3,8H2. The maximum absolute atomic E-state index is 9.86. The van der Waals surface area contributed by atoms with Gasteiger partial charge in [0.15, 0.2) is 0 Å². The predicted octanol–water partition coefficient (Wildman–Crippen LogP) is 3.04. The number of hydrogen-bond donors (Lipinski definition) is 1. The van der Waals surface area contributed by atoms with Crippen LogP contribution in [-0.4, -0.2) is 11.2 Å². The maximum atomic E-state index is 9.86. The number of rotatable bonds is 3. The van der Waals surface area contributed by atoms with E-state index in [-0.39, 0.29) is 6.10 Å². The average Bonchev–Trinajstić information content (AvgIpc) is 2.06. The second-order valence-electron chi connectivity index (χ2n) is 4.09. The summed E-state index contributed by atoms with van der Waals surface area (Å²) in [7, 11) is 0. The Morgan fingerprint density at radius 3 is 2.43 bits per heavy atom. The van der Waals surface area contributed by atoms with Gasteiger partial charge in [0.05, 0.1) is 6.10 Å². The highest BCUT2D eigenvalue weighted by molar-refractivity contribution is 6.30. The van der Waals surface area contributed by atoms with Crippen LogP contribution in [0.2, 0.25) is 5.02 Å². The van der Waals surface area contributed by atoms with Crippen molar-refractivity contribution in [3.05, 3.63) is 34.9 Å². The van der Waals surface area contributed by atoms with Crippen LogP contribution in [0.25, 0.3) is 0 Å². The van der Waals surface area contributed by atoms with Crippen LogP contribution in [0.4, 0.5) is 0 Å². The van der Waals surface area contributed by atoms with E-state index in [1.165, 1.54) is 24.8 Å². The SMILES string of the molecule is OC(Cc1ccc(Cl)cc1)C1CCC1. The van der Waals surface area contributed by atoms with Crippen molar-refractivity contribution >= 4 is 11.6 Å². The molecule has 0 heterocycles. The molecule has 14 heavy (non-hydrogen) atoms. The molecular weight excluding hydrogens is 196 g/mol. The van der Waals surface area contributed by atoms with Gasteiger partial charge in [-0.05, 0) is 42.9 Å². The Kier molecular flexibility index (Phi) is 3.09. The zero-order valence-corrected chi connectivity index (χ0v) is 8.87. The van der Waals surface area contributed by atoms with Crippen molar-refractivity contribution < 1.29 is 5.11 Å². The number of aliphatic hydroxyl groups excluding tert-OH is 1.